The molecule has 126 valence electrons. The van der Waals surface area contributed by atoms with Crippen LogP contribution in [0.5, 0.6) is 0 Å². The zero-order chi connectivity index (χ0) is 17.0. The van der Waals surface area contributed by atoms with E-state index in [4.69, 9.17) is 4.74 Å². The summed E-state index contributed by atoms with van der Waals surface area (Å²) >= 11 is 1.47. The predicted octanol–water partition coefficient (Wildman–Crippen LogP) is 3.18. The van der Waals surface area contributed by atoms with Crippen LogP contribution in [0.2, 0.25) is 0 Å². The Labute approximate surface area is 148 Å². The van der Waals surface area contributed by atoms with Crippen molar-refractivity contribution in [2.45, 2.75) is 25.9 Å². The number of nitrogens with zero attached hydrogens (tertiary/aromatic N) is 3. The average molecular weight is 352 g/mol. The first kappa shape index (κ1) is 14.9. The number of nitrogens with one attached hydrogen (secondary N) is 1. The van der Waals surface area contributed by atoms with Gasteiger partial charge in [-0.15, -0.1) is 0 Å². The van der Waals surface area contributed by atoms with E-state index in [0.717, 1.165) is 40.0 Å². The summed E-state index contributed by atoms with van der Waals surface area (Å²) in [6, 6.07) is 6.06. The van der Waals surface area contributed by atoms with Crippen molar-refractivity contribution in [3.05, 3.63) is 36.4 Å². The minimum absolute atomic E-state index is 0.0315. The van der Waals surface area contributed by atoms with Crippen LogP contribution >= 0.6 is 11.3 Å². The van der Waals surface area contributed by atoms with E-state index in [1.165, 1.54) is 11.3 Å². The van der Waals surface area contributed by atoms with Gasteiger partial charge < -0.3 is 10.1 Å². The van der Waals surface area contributed by atoms with Crippen molar-refractivity contribution in [3.8, 4) is 10.4 Å². The molecule has 3 fully saturated rings. The van der Waals surface area contributed by atoms with Gasteiger partial charge in [-0.25, -0.2) is 15.0 Å². The van der Waals surface area contributed by atoms with Crippen molar-refractivity contribution in [2.75, 3.05) is 11.9 Å². The van der Waals surface area contributed by atoms with E-state index in [2.05, 4.69) is 20.3 Å². The van der Waals surface area contributed by atoms with E-state index in [1.807, 2.05) is 31.3 Å². The maximum atomic E-state index is 12.5. The molecular weight excluding hydrogens is 336 g/mol. The Morgan fingerprint density at radius 1 is 1.32 bits per heavy atom. The first-order valence-corrected chi connectivity index (χ1v) is 9.06. The molecule has 2 aromatic heterocycles. The third kappa shape index (κ3) is 2.42. The molecule has 25 heavy (non-hydrogen) atoms. The SMILES string of the molecule is Cc1ncc2ccc(-c3cnc(NC(=O)C45COC(C4)C5)s3)cc2n1. The lowest BCUT2D eigenvalue weighted by Crippen LogP contribution is -2.43. The molecule has 6 nitrogen and oxygen atoms in total. The van der Waals surface area contributed by atoms with E-state index in [1.54, 1.807) is 6.20 Å². The van der Waals surface area contributed by atoms with E-state index in [0.29, 0.717) is 11.7 Å². The smallest absolute Gasteiger partial charge is 0.234 e. The molecule has 1 aliphatic carbocycles. The summed E-state index contributed by atoms with van der Waals surface area (Å²) in [5, 5.41) is 4.60. The maximum Gasteiger partial charge on any atom is 0.234 e. The summed E-state index contributed by atoms with van der Waals surface area (Å²) in [5.41, 5.74) is 1.62. The largest absolute Gasteiger partial charge is 0.377 e. The third-order valence-corrected chi connectivity index (χ3v) is 5.99. The number of anilines is 1. The number of rotatable bonds is 3. The molecule has 1 amide bonds. The molecule has 4 heterocycles. The number of carbonyl (C=O) groups is 1. The minimum atomic E-state index is -0.325. The Bertz CT molecular complexity index is 988. The fourth-order valence-corrected chi connectivity index (χ4v) is 4.35. The summed E-state index contributed by atoms with van der Waals surface area (Å²) in [5.74, 6) is 0.780. The zero-order valence-electron chi connectivity index (χ0n) is 13.7. The van der Waals surface area contributed by atoms with Gasteiger partial charge in [-0.05, 0) is 31.4 Å². The number of fused-ring (bicyclic) bond motifs is 2. The van der Waals surface area contributed by atoms with Crippen molar-refractivity contribution in [3.63, 3.8) is 0 Å². The van der Waals surface area contributed by atoms with Gasteiger partial charge in [0.25, 0.3) is 0 Å². The van der Waals surface area contributed by atoms with Crippen molar-refractivity contribution in [1.29, 1.82) is 0 Å². The van der Waals surface area contributed by atoms with Gasteiger partial charge in [-0.3, -0.25) is 4.79 Å². The Hall–Kier alpha value is -2.38. The Morgan fingerprint density at radius 3 is 3.00 bits per heavy atom. The second-order valence-corrected chi connectivity index (χ2v) is 7.83. The topological polar surface area (TPSA) is 77.0 Å². The van der Waals surface area contributed by atoms with Crippen molar-refractivity contribution >= 4 is 33.3 Å². The number of benzene rings is 1. The van der Waals surface area contributed by atoms with Crippen molar-refractivity contribution < 1.29 is 9.53 Å². The van der Waals surface area contributed by atoms with Gasteiger partial charge in [0.2, 0.25) is 5.91 Å². The Balaban J connectivity index is 1.39. The quantitative estimate of drug-likeness (QED) is 0.783. The number of thiazole rings is 1. The van der Waals surface area contributed by atoms with E-state index >= 15 is 0 Å². The lowest BCUT2D eigenvalue weighted by Gasteiger charge is -2.33. The fourth-order valence-electron chi connectivity index (χ4n) is 3.54. The Morgan fingerprint density at radius 2 is 2.20 bits per heavy atom. The number of hydrogen-bond donors (Lipinski definition) is 1. The predicted molar refractivity (Wildman–Crippen MR) is 95.4 cm³/mol. The Kier molecular flexibility index (Phi) is 3.17. The van der Waals surface area contributed by atoms with Crippen LogP contribution in [-0.4, -0.2) is 33.6 Å². The second-order valence-electron chi connectivity index (χ2n) is 6.80. The highest BCUT2D eigenvalue weighted by atomic mass is 32.1. The van der Waals surface area contributed by atoms with Crippen LogP contribution in [0.15, 0.2) is 30.6 Å². The molecule has 6 rings (SSSR count). The van der Waals surface area contributed by atoms with Crippen LogP contribution in [-0.2, 0) is 9.53 Å². The molecule has 2 aliphatic heterocycles. The molecular formula is C18H16N4O2S. The summed E-state index contributed by atoms with van der Waals surface area (Å²) in [7, 11) is 0. The normalized spacial score (nSPS) is 24.3. The van der Waals surface area contributed by atoms with Gasteiger partial charge in [-0.2, -0.15) is 0 Å². The molecule has 1 N–H and O–H groups in total. The van der Waals surface area contributed by atoms with Gasteiger partial charge in [-0.1, -0.05) is 23.5 Å². The number of aromatic nitrogens is 3. The van der Waals surface area contributed by atoms with Crippen LogP contribution in [0.3, 0.4) is 0 Å². The number of aryl methyl sites for hydroxylation is 1. The van der Waals surface area contributed by atoms with E-state index in [-0.39, 0.29) is 17.4 Å². The summed E-state index contributed by atoms with van der Waals surface area (Å²) in [6.07, 6.45) is 5.57. The van der Waals surface area contributed by atoms with Crippen LogP contribution in [0.1, 0.15) is 18.7 Å². The van der Waals surface area contributed by atoms with Gasteiger partial charge in [0, 0.05) is 17.8 Å². The second kappa shape index (κ2) is 5.31. The van der Waals surface area contributed by atoms with Crippen LogP contribution < -0.4 is 5.32 Å². The molecule has 0 radical (unpaired) electrons. The van der Waals surface area contributed by atoms with Crippen LogP contribution in [0.4, 0.5) is 5.13 Å². The lowest BCUT2D eigenvalue weighted by molar-refractivity contribution is -0.127. The first-order chi connectivity index (χ1) is 12.1. The van der Waals surface area contributed by atoms with Gasteiger partial charge in [0.05, 0.1) is 28.5 Å². The first-order valence-electron chi connectivity index (χ1n) is 8.24. The van der Waals surface area contributed by atoms with Crippen molar-refractivity contribution in [2.24, 2.45) is 5.41 Å². The maximum absolute atomic E-state index is 12.5. The van der Waals surface area contributed by atoms with E-state index in [9.17, 15) is 4.79 Å². The minimum Gasteiger partial charge on any atom is -0.377 e. The molecule has 1 aromatic carbocycles. The van der Waals surface area contributed by atoms with Crippen LogP contribution in [0.25, 0.3) is 21.3 Å². The molecule has 7 heteroatoms. The zero-order valence-corrected chi connectivity index (χ0v) is 14.5. The third-order valence-electron chi connectivity index (χ3n) is 5.03. The molecule has 2 bridgehead atoms. The average Bonchev–Trinajstić information content (AvgIpc) is 3.29. The summed E-state index contributed by atoms with van der Waals surface area (Å²) in [4.78, 5) is 26.5. The highest BCUT2D eigenvalue weighted by Gasteiger charge is 2.57. The molecule has 0 unspecified atom stereocenters. The fraction of sp³-hybridized carbons (Fsp3) is 0.333. The highest BCUT2D eigenvalue weighted by molar-refractivity contribution is 7.19. The van der Waals surface area contributed by atoms with E-state index < -0.39 is 0 Å². The summed E-state index contributed by atoms with van der Waals surface area (Å²) < 4.78 is 5.52. The number of carbonyl (C=O) groups excluding carboxylic acids is 1. The lowest BCUT2D eigenvalue weighted by atomic mass is 9.70. The number of amides is 1. The molecule has 0 atom stereocenters. The number of ether oxygens (including phenoxy) is 1. The van der Waals surface area contributed by atoms with Gasteiger partial charge >= 0.3 is 0 Å². The number of hydrogen-bond acceptors (Lipinski definition) is 6. The van der Waals surface area contributed by atoms with Gasteiger partial charge in [0.1, 0.15) is 5.82 Å². The monoisotopic (exact) mass is 352 g/mol. The molecule has 3 aliphatic rings. The highest BCUT2D eigenvalue weighted by Crippen LogP contribution is 2.50. The van der Waals surface area contributed by atoms with Gasteiger partial charge in [0.15, 0.2) is 5.13 Å². The van der Waals surface area contributed by atoms with Crippen molar-refractivity contribution in [1.82, 2.24) is 15.0 Å². The molecule has 0 spiro atoms. The molecule has 1 saturated carbocycles. The molecule has 3 aromatic rings. The molecule has 2 saturated heterocycles. The standard InChI is InChI=1S/C18H16N4O2S/c1-10-19-7-12-3-2-11(4-14(12)21-10)15-8-20-17(25-15)22-16(23)18-5-13(6-18)24-9-18/h2-4,7-8,13H,5-6,9H2,1H3,(H,20,22,23). The van der Waals surface area contributed by atoms with Crippen LogP contribution in [0, 0.1) is 12.3 Å². The summed E-state index contributed by atoms with van der Waals surface area (Å²) in [6.45, 7) is 2.41.